The molecule has 14 heteroatoms. The predicted molar refractivity (Wildman–Crippen MR) is 146 cm³/mol. The summed E-state index contributed by atoms with van der Waals surface area (Å²) in [6.07, 6.45) is 0.0139. The third-order valence-electron chi connectivity index (χ3n) is 6.11. The van der Waals surface area contributed by atoms with Gasteiger partial charge in [0.2, 0.25) is 10.0 Å². The zero-order valence-electron chi connectivity index (χ0n) is 22.4. The highest BCUT2D eigenvalue weighted by Gasteiger charge is 2.31. The van der Waals surface area contributed by atoms with E-state index >= 15 is 0 Å². The van der Waals surface area contributed by atoms with Crippen LogP contribution in [0, 0.1) is 0 Å². The number of ether oxygens (including phenoxy) is 3. The van der Waals surface area contributed by atoms with Gasteiger partial charge in [0.1, 0.15) is 5.00 Å². The van der Waals surface area contributed by atoms with Crippen LogP contribution in [0.4, 0.5) is 9.80 Å². The molecule has 1 aliphatic heterocycles. The van der Waals surface area contributed by atoms with Crippen molar-refractivity contribution in [3.63, 3.8) is 0 Å². The van der Waals surface area contributed by atoms with Crippen molar-refractivity contribution < 1.29 is 37.0 Å². The number of nitrogens with zero attached hydrogens (tertiary/aromatic N) is 2. The number of carbonyl (C=O) groups is 3. The average Bonchev–Trinajstić information content (AvgIpc) is 3.29. The molecule has 12 nitrogen and oxygen atoms in total. The fraction of sp³-hybridized carbons (Fsp3) is 0.480. The Morgan fingerprint density at radius 3 is 2.26 bits per heavy atom. The van der Waals surface area contributed by atoms with Gasteiger partial charge < -0.3 is 29.7 Å². The summed E-state index contributed by atoms with van der Waals surface area (Å²) in [6, 6.07) is 5.57. The summed E-state index contributed by atoms with van der Waals surface area (Å²) in [7, 11) is 0.650. The van der Waals surface area contributed by atoms with E-state index in [1.807, 2.05) is 0 Å². The highest BCUT2D eigenvalue weighted by atomic mass is 32.2. The lowest BCUT2D eigenvalue weighted by molar-refractivity contribution is 0.0961. The molecule has 1 aliphatic rings. The number of fused-ring (bicyclic) bond motifs is 1. The quantitative estimate of drug-likeness (QED) is 0.388. The topological polar surface area (TPSA) is 144 Å². The summed E-state index contributed by atoms with van der Waals surface area (Å²) in [6.45, 7) is 3.41. The molecule has 2 aromatic rings. The van der Waals surface area contributed by atoms with Gasteiger partial charge in [-0.3, -0.25) is 9.59 Å². The number of methoxy groups -OCH3 is 2. The second-order valence-electron chi connectivity index (χ2n) is 8.53. The number of carbonyl (C=O) groups excluding carboxylic acids is 3. The number of hydrogen-bond donors (Lipinski definition) is 2. The number of hydrogen-bond acceptors (Lipinski definition) is 9. The Balaban J connectivity index is 1.82. The Morgan fingerprint density at radius 2 is 1.69 bits per heavy atom. The third-order valence-corrected chi connectivity index (χ3v) is 9.15. The van der Waals surface area contributed by atoms with Crippen LogP contribution in [0.2, 0.25) is 0 Å². The maximum atomic E-state index is 13.1. The molecule has 0 spiro atoms. The van der Waals surface area contributed by atoms with Crippen LogP contribution in [-0.2, 0) is 37.2 Å². The molecule has 39 heavy (non-hydrogen) atoms. The molecule has 0 aliphatic carbocycles. The maximum absolute atomic E-state index is 13.1. The standard InChI is InChI=1S/C25H34N4O8S2/c1-5-37-25(32)28-11-10-19-20(16-28)38-24(21(19)23(31)26-2)27-22(30)17-6-8-18(9-7-17)39(33,34)29(12-14-35-3)13-15-36-4/h6-9H,5,10-16H2,1-4H3,(H,26,31)(H,27,30). The van der Waals surface area contributed by atoms with E-state index in [0.29, 0.717) is 23.5 Å². The highest BCUT2D eigenvalue weighted by Crippen LogP contribution is 2.37. The van der Waals surface area contributed by atoms with E-state index < -0.39 is 22.0 Å². The number of anilines is 1. The Morgan fingerprint density at radius 1 is 1.05 bits per heavy atom. The van der Waals surface area contributed by atoms with E-state index in [9.17, 15) is 22.8 Å². The first-order chi connectivity index (χ1) is 18.7. The minimum atomic E-state index is -3.84. The first-order valence-electron chi connectivity index (χ1n) is 12.4. The molecular weight excluding hydrogens is 548 g/mol. The summed E-state index contributed by atoms with van der Waals surface area (Å²) in [5.74, 6) is -0.846. The van der Waals surface area contributed by atoms with Gasteiger partial charge >= 0.3 is 6.09 Å². The van der Waals surface area contributed by atoms with Crippen molar-refractivity contribution in [3.8, 4) is 0 Å². The molecule has 1 aromatic heterocycles. The lowest BCUT2D eigenvalue weighted by Gasteiger charge is -2.26. The zero-order valence-corrected chi connectivity index (χ0v) is 24.1. The third kappa shape index (κ3) is 7.13. The van der Waals surface area contributed by atoms with Crippen molar-refractivity contribution in [1.29, 1.82) is 0 Å². The molecule has 0 atom stereocenters. The Labute approximate surface area is 232 Å². The van der Waals surface area contributed by atoms with Gasteiger partial charge in [0, 0.05) is 51.3 Å². The van der Waals surface area contributed by atoms with E-state index in [2.05, 4.69) is 10.6 Å². The van der Waals surface area contributed by atoms with Crippen molar-refractivity contribution >= 4 is 44.3 Å². The molecule has 2 heterocycles. The minimum absolute atomic E-state index is 0.0305. The Hall–Kier alpha value is -3.04. The summed E-state index contributed by atoms with van der Waals surface area (Å²) >= 11 is 1.23. The van der Waals surface area contributed by atoms with Crippen molar-refractivity contribution in [2.24, 2.45) is 0 Å². The molecular formula is C25H34N4O8S2. The predicted octanol–water partition coefficient (Wildman–Crippen LogP) is 2.16. The van der Waals surface area contributed by atoms with Gasteiger partial charge in [0.05, 0.1) is 36.8 Å². The lowest BCUT2D eigenvalue weighted by Crippen LogP contribution is -2.36. The van der Waals surface area contributed by atoms with E-state index in [1.165, 1.54) is 61.2 Å². The molecule has 0 bridgehead atoms. The maximum Gasteiger partial charge on any atom is 0.410 e. The van der Waals surface area contributed by atoms with Crippen LogP contribution in [0.3, 0.4) is 0 Å². The van der Waals surface area contributed by atoms with Gasteiger partial charge in [-0.25, -0.2) is 13.2 Å². The smallest absolute Gasteiger partial charge is 0.410 e. The molecule has 3 rings (SSSR count). The Kier molecular flexibility index (Phi) is 10.8. The van der Waals surface area contributed by atoms with Crippen LogP contribution in [0.1, 0.15) is 38.1 Å². The van der Waals surface area contributed by atoms with E-state index in [-0.39, 0.29) is 55.8 Å². The van der Waals surface area contributed by atoms with E-state index in [0.717, 1.165) is 10.4 Å². The van der Waals surface area contributed by atoms with Crippen molar-refractivity contribution in [2.75, 3.05) is 66.0 Å². The molecule has 214 valence electrons. The van der Waals surface area contributed by atoms with Crippen LogP contribution in [0.5, 0.6) is 0 Å². The molecule has 1 aromatic carbocycles. The summed E-state index contributed by atoms with van der Waals surface area (Å²) < 4.78 is 42.7. The number of rotatable bonds is 12. The minimum Gasteiger partial charge on any atom is -0.450 e. The average molecular weight is 583 g/mol. The SMILES string of the molecule is CCOC(=O)N1CCc2c(sc(NC(=O)c3ccc(S(=O)(=O)N(CCOC)CCOC)cc3)c2C(=O)NC)C1. The lowest BCUT2D eigenvalue weighted by atomic mass is 10.0. The van der Waals surface area contributed by atoms with Gasteiger partial charge in [-0.1, -0.05) is 0 Å². The molecule has 3 amide bonds. The van der Waals surface area contributed by atoms with Crippen molar-refractivity contribution in [2.45, 2.75) is 24.8 Å². The number of nitrogens with one attached hydrogen (secondary N) is 2. The molecule has 0 radical (unpaired) electrons. The molecule has 2 N–H and O–H groups in total. The fourth-order valence-electron chi connectivity index (χ4n) is 4.07. The second-order valence-corrected chi connectivity index (χ2v) is 11.6. The van der Waals surface area contributed by atoms with E-state index in [1.54, 1.807) is 11.8 Å². The van der Waals surface area contributed by atoms with Crippen molar-refractivity contribution in [3.05, 3.63) is 45.8 Å². The van der Waals surface area contributed by atoms with Gasteiger partial charge in [-0.2, -0.15) is 4.31 Å². The first-order valence-corrected chi connectivity index (χ1v) is 14.6. The zero-order chi connectivity index (χ0) is 28.6. The first kappa shape index (κ1) is 30.5. The Bertz CT molecular complexity index is 1270. The van der Waals surface area contributed by atoms with E-state index in [4.69, 9.17) is 14.2 Å². The summed E-state index contributed by atoms with van der Waals surface area (Å²) in [4.78, 5) is 40.4. The molecule has 0 unspecified atom stereocenters. The van der Waals surface area contributed by atoms with Gasteiger partial charge in [0.15, 0.2) is 0 Å². The number of amides is 3. The van der Waals surface area contributed by atoms with Gasteiger partial charge in [-0.15, -0.1) is 11.3 Å². The van der Waals surface area contributed by atoms with Crippen LogP contribution in [-0.4, -0.2) is 96.3 Å². The largest absolute Gasteiger partial charge is 0.450 e. The van der Waals surface area contributed by atoms with Gasteiger partial charge in [-0.05, 0) is 43.2 Å². The van der Waals surface area contributed by atoms with Crippen LogP contribution in [0.15, 0.2) is 29.2 Å². The van der Waals surface area contributed by atoms with Gasteiger partial charge in [0.25, 0.3) is 11.8 Å². The number of benzene rings is 1. The van der Waals surface area contributed by atoms with Crippen LogP contribution in [0.25, 0.3) is 0 Å². The van der Waals surface area contributed by atoms with Crippen molar-refractivity contribution in [1.82, 2.24) is 14.5 Å². The second kappa shape index (κ2) is 13.8. The fourth-order valence-corrected chi connectivity index (χ4v) is 6.73. The monoisotopic (exact) mass is 582 g/mol. The molecule has 0 fully saturated rings. The summed E-state index contributed by atoms with van der Waals surface area (Å²) in [5.41, 5.74) is 1.36. The summed E-state index contributed by atoms with van der Waals surface area (Å²) in [5, 5.41) is 5.77. The molecule has 0 saturated carbocycles. The number of sulfonamides is 1. The highest BCUT2D eigenvalue weighted by molar-refractivity contribution is 7.89. The van der Waals surface area contributed by atoms with Crippen LogP contribution >= 0.6 is 11.3 Å². The molecule has 0 saturated heterocycles. The van der Waals surface area contributed by atoms with Crippen LogP contribution < -0.4 is 10.6 Å². The number of thiophene rings is 1. The normalized spacial score (nSPS) is 13.2.